The van der Waals surface area contributed by atoms with Gasteiger partial charge in [0.1, 0.15) is 11.6 Å². The maximum atomic E-state index is 13.6. The number of anilines is 1. The average molecular weight is 282 g/mol. The van der Waals surface area contributed by atoms with Crippen molar-refractivity contribution >= 4 is 22.9 Å². The number of aryl methyl sites for hydroxylation is 1. The minimum absolute atomic E-state index is 0.0946. The molecule has 6 heteroatoms. The SMILES string of the molecule is Cc1cc(F)c(NCc2cc(C(N)=O)cs2)cc1F. The van der Waals surface area contributed by atoms with Crippen molar-refractivity contribution in [3.05, 3.63) is 51.2 Å². The van der Waals surface area contributed by atoms with Gasteiger partial charge in [0.15, 0.2) is 0 Å². The Morgan fingerprint density at radius 1 is 1.32 bits per heavy atom. The topological polar surface area (TPSA) is 55.1 Å². The van der Waals surface area contributed by atoms with E-state index < -0.39 is 17.5 Å². The van der Waals surface area contributed by atoms with Gasteiger partial charge in [0.05, 0.1) is 11.3 Å². The Hall–Kier alpha value is -1.95. The molecule has 1 heterocycles. The number of amides is 1. The second kappa shape index (κ2) is 5.36. The van der Waals surface area contributed by atoms with Crippen molar-refractivity contribution in [2.75, 3.05) is 5.32 Å². The van der Waals surface area contributed by atoms with Gasteiger partial charge in [-0.3, -0.25) is 4.79 Å². The van der Waals surface area contributed by atoms with E-state index in [9.17, 15) is 13.6 Å². The normalized spacial score (nSPS) is 10.5. The highest BCUT2D eigenvalue weighted by Gasteiger charge is 2.08. The third-order valence-corrected chi connectivity index (χ3v) is 3.58. The molecule has 0 atom stereocenters. The molecular formula is C13H12F2N2OS. The molecule has 0 bridgehead atoms. The monoisotopic (exact) mass is 282 g/mol. The molecule has 0 aliphatic rings. The van der Waals surface area contributed by atoms with Crippen LogP contribution >= 0.6 is 11.3 Å². The molecule has 1 aromatic heterocycles. The smallest absolute Gasteiger partial charge is 0.249 e. The standard InChI is InChI=1S/C13H12F2N2OS/c1-7-2-11(15)12(4-10(7)14)17-5-9-3-8(6-19-9)13(16)18/h2-4,6,17H,5H2,1H3,(H2,16,18). The first-order chi connectivity index (χ1) is 8.97. The van der Waals surface area contributed by atoms with Crippen molar-refractivity contribution in [3.8, 4) is 0 Å². The molecule has 0 aliphatic carbocycles. The van der Waals surface area contributed by atoms with Crippen LogP contribution in [-0.2, 0) is 6.54 Å². The van der Waals surface area contributed by atoms with Crippen molar-refractivity contribution in [2.45, 2.75) is 13.5 Å². The number of thiophene rings is 1. The van der Waals surface area contributed by atoms with Crippen LogP contribution in [0.15, 0.2) is 23.6 Å². The summed E-state index contributed by atoms with van der Waals surface area (Å²) in [6.45, 7) is 1.80. The Morgan fingerprint density at radius 3 is 2.68 bits per heavy atom. The Balaban J connectivity index is 2.09. The lowest BCUT2D eigenvalue weighted by Gasteiger charge is -2.07. The Labute approximate surface area is 113 Å². The van der Waals surface area contributed by atoms with Gasteiger partial charge in [-0.1, -0.05) is 0 Å². The minimum Gasteiger partial charge on any atom is -0.378 e. The molecule has 2 rings (SSSR count). The zero-order chi connectivity index (χ0) is 14.0. The van der Waals surface area contributed by atoms with Crippen molar-refractivity contribution in [1.82, 2.24) is 0 Å². The van der Waals surface area contributed by atoms with Crippen LogP contribution in [0.2, 0.25) is 0 Å². The van der Waals surface area contributed by atoms with Gasteiger partial charge in [0.25, 0.3) is 0 Å². The van der Waals surface area contributed by atoms with Gasteiger partial charge in [-0.2, -0.15) is 0 Å². The molecule has 100 valence electrons. The number of halogens is 2. The molecule has 2 aromatic rings. The van der Waals surface area contributed by atoms with E-state index in [0.717, 1.165) is 17.0 Å². The fourth-order valence-corrected chi connectivity index (χ4v) is 2.38. The fourth-order valence-electron chi connectivity index (χ4n) is 1.57. The lowest BCUT2D eigenvalue weighted by Crippen LogP contribution is -2.09. The fraction of sp³-hybridized carbons (Fsp3) is 0.154. The molecule has 0 saturated carbocycles. The Morgan fingerprint density at radius 2 is 2.05 bits per heavy atom. The summed E-state index contributed by atoms with van der Waals surface area (Å²) in [5.41, 5.74) is 5.90. The number of primary amides is 1. The predicted molar refractivity (Wildman–Crippen MR) is 71.3 cm³/mol. The van der Waals surface area contributed by atoms with Gasteiger partial charge in [-0.15, -0.1) is 11.3 Å². The van der Waals surface area contributed by atoms with Crippen molar-refractivity contribution in [3.63, 3.8) is 0 Å². The van der Waals surface area contributed by atoms with Crippen LogP contribution in [-0.4, -0.2) is 5.91 Å². The second-order valence-electron chi connectivity index (χ2n) is 4.10. The third kappa shape index (κ3) is 3.08. The van der Waals surface area contributed by atoms with Crippen LogP contribution in [0, 0.1) is 18.6 Å². The van der Waals surface area contributed by atoms with Crippen LogP contribution in [0.25, 0.3) is 0 Å². The average Bonchev–Trinajstić information content (AvgIpc) is 2.81. The first kappa shape index (κ1) is 13.5. The molecular weight excluding hydrogens is 270 g/mol. The number of nitrogens with one attached hydrogen (secondary N) is 1. The van der Waals surface area contributed by atoms with Crippen LogP contribution in [0.4, 0.5) is 14.5 Å². The molecule has 1 aromatic carbocycles. The highest BCUT2D eigenvalue weighted by molar-refractivity contribution is 7.10. The van der Waals surface area contributed by atoms with Crippen molar-refractivity contribution in [1.29, 1.82) is 0 Å². The lowest BCUT2D eigenvalue weighted by atomic mass is 10.2. The minimum atomic E-state index is -0.509. The first-order valence-electron chi connectivity index (χ1n) is 5.54. The zero-order valence-electron chi connectivity index (χ0n) is 10.2. The number of hydrogen-bond donors (Lipinski definition) is 2. The summed E-state index contributed by atoms with van der Waals surface area (Å²) in [5, 5.41) is 4.42. The highest BCUT2D eigenvalue weighted by atomic mass is 32.1. The van der Waals surface area contributed by atoms with Crippen LogP contribution in [0.1, 0.15) is 20.8 Å². The van der Waals surface area contributed by atoms with Gasteiger partial charge in [0, 0.05) is 22.9 Å². The van der Waals surface area contributed by atoms with Gasteiger partial charge in [0.2, 0.25) is 5.91 Å². The molecule has 0 radical (unpaired) electrons. The van der Waals surface area contributed by atoms with E-state index in [1.165, 1.54) is 18.3 Å². The molecule has 0 saturated heterocycles. The quantitative estimate of drug-likeness (QED) is 0.905. The van der Waals surface area contributed by atoms with E-state index in [4.69, 9.17) is 5.73 Å². The second-order valence-corrected chi connectivity index (χ2v) is 5.10. The number of carbonyl (C=O) groups is 1. The highest BCUT2D eigenvalue weighted by Crippen LogP contribution is 2.21. The predicted octanol–water partition coefficient (Wildman–Crippen LogP) is 3.05. The van der Waals surface area contributed by atoms with Crippen LogP contribution in [0.3, 0.4) is 0 Å². The Bertz CT molecular complexity index is 625. The molecule has 19 heavy (non-hydrogen) atoms. The number of hydrogen-bond acceptors (Lipinski definition) is 3. The number of nitrogens with two attached hydrogens (primary N) is 1. The van der Waals surface area contributed by atoms with Crippen molar-refractivity contribution < 1.29 is 13.6 Å². The van der Waals surface area contributed by atoms with Gasteiger partial charge in [-0.05, 0) is 24.6 Å². The first-order valence-corrected chi connectivity index (χ1v) is 6.42. The van der Waals surface area contributed by atoms with E-state index in [0.29, 0.717) is 12.1 Å². The number of benzene rings is 1. The third-order valence-electron chi connectivity index (χ3n) is 2.64. The maximum absolute atomic E-state index is 13.6. The molecule has 0 spiro atoms. The summed E-state index contributed by atoms with van der Waals surface area (Å²) in [6, 6.07) is 3.89. The molecule has 3 nitrogen and oxygen atoms in total. The van der Waals surface area contributed by atoms with E-state index in [1.54, 1.807) is 11.4 Å². The van der Waals surface area contributed by atoms with E-state index in [-0.39, 0.29) is 11.3 Å². The molecule has 3 N–H and O–H groups in total. The summed E-state index contributed by atoms with van der Waals surface area (Å²) >= 11 is 1.33. The summed E-state index contributed by atoms with van der Waals surface area (Å²) in [5.74, 6) is -1.48. The van der Waals surface area contributed by atoms with E-state index in [2.05, 4.69) is 5.32 Å². The molecule has 0 fully saturated rings. The van der Waals surface area contributed by atoms with Crippen LogP contribution in [0.5, 0.6) is 0 Å². The van der Waals surface area contributed by atoms with E-state index >= 15 is 0 Å². The van der Waals surface area contributed by atoms with E-state index in [1.807, 2.05) is 0 Å². The van der Waals surface area contributed by atoms with Crippen molar-refractivity contribution in [2.24, 2.45) is 5.73 Å². The molecule has 0 unspecified atom stereocenters. The lowest BCUT2D eigenvalue weighted by molar-refractivity contribution is 0.100. The number of rotatable bonds is 4. The van der Waals surface area contributed by atoms with Gasteiger partial charge in [-0.25, -0.2) is 8.78 Å². The largest absolute Gasteiger partial charge is 0.378 e. The molecule has 1 amide bonds. The molecule has 0 aliphatic heterocycles. The Kier molecular flexibility index (Phi) is 3.80. The summed E-state index contributed by atoms with van der Waals surface area (Å²) in [4.78, 5) is 11.7. The van der Waals surface area contributed by atoms with Gasteiger partial charge >= 0.3 is 0 Å². The van der Waals surface area contributed by atoms with Gasteiger partial charge < -0.3 is 11.1 Å². The zero-order valence-corrected chi connectivity index (χ0v) is 11.0. The van der Waals surface area contributed by atoms with Crippen LogP contribution < -0.4 is 11.1 Å². The number of carbonyl (C=O) groups excluding carboxylic acids is 1. The summed E-state index contributed by atoms with van der Waals surface area (Å²) < 4.78 is 26.9. The maximum Gasteiger partial charge on any atom is 0.249 e. The summed E-state index contributed by atoms with van der Waals surface area (Å²) in [7, 11) is 0. The summed E-state index contributed by atoms with van der Waals surface area (Å²) in [6.07, 6.45) is 0.